The molecule has 2 amide bonds. The molecule has 22 heavy (non-hydrogen) atoms. The first-order valence-electron chi connectivity index (χ1n) is 7.45. The van der Waals surface area contributed by atoms with E-state index in [4.69, 9.17) is 4.74 Å². The van der Waals surface area contributed by atoms with Crippen LogP contribution >= 0.6 is 0 Å². The highest BCUT2D eigenvalue weighted by atomic mass is 16.5. The number of carbonyl (C=O) groups is 2. The first-order chi connectivity index (χ1) is 10.5. The van der Waals surface area contributed by atoms with Gasteiger partial charge in [-0.2, -0.15) is 9.90 Å². The number of amides is 2. The van der Waals surface area contributed by atoms with E-state index < -0.39 is 5.54 Å². The largest absolute Gasteiger partial charge is 0.382 e. The van der Waals surface area contributed by atoms with Crippen molar-refractivity contribution >= 4 is 11.8 Å². The molecule has 0 bridgehead atoms. The van der Waals surface area contributed by atoms with E-state index in [1.165, 1.54) is 11.9 Å². The van der Waals surface area contributed by atoms with Gasteiger partial charge in [0.25, 0.3) is 5.91 Å². The average molecular weight is 309 g/mol. The zero-order valence-corrected chi connectivity index (χ0v) is 13.5. The van der Waals surface area contributed by atoms with Gasteiger partial charge in [-0.1, -0.05) is 0 Å². The fraction of sp³-hybridized carbons (Fsp3) is 0.714. The number of nitrogens with one attached hydrogen (secondary N) is 1. The Morgan fingerprint density at radius 3 is 2.68 bits per heavy atom. The number of likely N-dealkylation sites (tertiary alicyclic amines) is 1. The first kappa shape index (κ1) is 16.4. The maximum absolute atomic E-state index is 12.9. The van der Waals surface area contributed by atoms with Gasteiger partial charge < -0.3 is 15.0 Å². The van der Waals surface area contributed by atoms with Gasteiger partial charge in [0.1, 0.15) is 5.54 Å². The highest BCUT2D eigenvalue weighted by Crippen LogP contribution is 2.31. The summed E-state index contributed by atoms with van der Waals surface area (Å²) in [5.41, 5.74) is -0.0988. The fourth-order valence-electron chi connectivity index (χ4n) is 3.00. The van der Waals surface area contributed by atoms with Crippen LogP contribution in [0, 0.1) is 6.92 Å². The molecule has 0 spiro atoms. The number of nitrogens with zero attached hydrogens (tertiary/aromatic N) is 4. The molecule has 122 valence electrons. The average Bonchev–Trinajstić information content (AvgIpc) is 3.10. The quantitative estimate of drug-likeness (QED) is 0.825. The van der Waals surface area contributed by atoms with Crippen molar-refractivity contribution in [2.75, 3.05) is 27.3 Å². The van der Waals surface area contributed by atoms with Crippen LogP contribution in [0.15, 0.2) is 0 Å². The van der Waals surface area contributed by atoms with Gasteiger partial charge in [-0.05, 0) is 26.7 Å². The number of rotatable bonds is 5. The fourth-order valence-corrected chi connectivity index (χ4v) is 3.00. The molecule has 1 aromatic rings. The van der Waals surface area contributed by atoms with Gasteiger partial charge in [-0.15, -0.1) is 5.10 Å². The summed E-state index contributed by atoms with van der Waals surface area (Å²) in [6, 6.07) is 0. The SMILES string of the molecule is CCn1nc(C)c(C(=O)N2CCCC2(COC)C(=O)NC)n1. The second-order valence-electron chi connectivity index (χ2n) is 5.43. The van der Waals surface area contributed by atoms with Crippen LogP contribution in [0.3, 0.4) is 0 Å². The van der Waals surface area contributed by atoms with E-state index >= 15 is 0 Å². The monoisotopic (exact) mass is 309 g/mol. The molecule has 0 radical (unpaired) electrons. The number of hydrogen-bond acceptors (Lipinski definition) is 5. The molecular weight excluding hydrogens is 286 g/mol. The maximum Gasteiger partial charge on any atom is 0.277 e. The van der Waals surface area contributed by atoms with Crippen LogP contribution < -0.4 is 5.32 Å². The summed E-state index contributed by atoms with van der Waals surface area (Å²) in [6.07, 6.45) is 1.33. The summed E-state index contributed by atoms with van der Waals surface area (Å²) in [6.45, 7) is 4.92. The van der Waals surface area contributed by atoms with E-state index in [0.717, 1.165) is 6.42 Å². The van der Waals surface area contributed by atoms with Crippen LogP contribution in [-0.4, -0.2) is 64.6 Å². The van der Waals surface area contributed by atoms with Crippen LogP contribution in [0.25, 0.3) is 0 Å². The van der Waals surface area contributed by atoms with E-state index in [2.05, 4.69) is 15.5 Å². The third kappa shape index (κ3) is 2.58. The topological polar surface area (TPSA) is 89.4 Å². The van der Waals surface area contributed by atoms with Crippen molar-refractivity contribution in [3.8, 4) is 0 Å². The third-order valence-electron chi connectivity index (χ3n) is 4.08. The number of aryl methyl sites for hydroxylation is 2. The Hall–Kier alpha value is -1.96. The van der Waals surface area contributed by atoms with Gasteiger partial charge in [0.2, 0.25) is 5.91 Å². The Kier molecular flexibility index (Phi) is 4.80. The molecule has 1 aliphatic rings. The number of ether oxygens (including phenoxy) is 1. The Morgan fingerprint density at radius 2 is 2.14 bits per heavy atom. The van der Waals surface area contributed by atoms with E-state index in [1.54, 1.807) is 18.9 Å². The van der Waals surface area contributed by atoms with E-state index in [0.29, 0.717) is 30.9 Å². The standard InChI is InChI=1S/C14H23N5O3/c1-5-19-16-10(2)11(17-19)12(20)18-8-6-7-14(18,9-22-4)13(21)15-3/h5-9H2,1-4H3,(H,15,21). The summed E-state index contributed by atoms with van der Waals surface area (Å²) >= 11 is 0. The number of hydrogen-bond donors (Lipinski definition) is 1. The molecule has 1 N–H and O–H groups in total. The van der Waals surface area contributed by atoms with Crippen LogP contribution in [0.1, 0.15) is 35.9 Å². The molecule has 0 aliphatic carbocycles. The van der Waals surface area contributed by atoms with E-state index in [1.807, 2.05) is 6.92 Å². The third-order valence-corrected chi connectivity index (χ3v) is 4.08. The zero-order chi connectivity index (χ0) is 16.3. The molecule has 0 aromatic carbocycles. The lowest BCUT2D eigenvalue weighted by Gasteiger charge is -2.35. The van der Waals surface area contributed by atoms with Crippen LogP contribution in [-0.2, 0) is 16.1 Å². The van der Waals surface area contributed by atoms with Crippen molar-refractivity contribution in [3.05, 3.63) is 11.4 Å². The van der Waals surface area contributed by atoms with Crippen LogP contribution in [0.5, 0.6) is 0 Å². The Labute approximate surface area is 129 Å². The van der Waals surface area contributed by atoms with Crippen molar-refractivity contribution in [1.82, 2.24) is 25.2 Å². The lowest BCUT2D eigenvalue weighted by Crippen LogP contribution is -2.59. The molecule has 1 aromatic heterocycles. The van der Waals surface area contributed by atoms with Crippen molar-refractivity contribution in [2.45, 2.75) is 38.8 Å². The van der Waals surface area contributed by atoms with Gasteiger partial charge in [-0.25, -0.2) is 0 Å². The Morgan fingerprint density at radius 1 is 1.41 bits per heavy atom. The van der Waals surface area contributed by atoms with E-state index in [9.17, 15) is 9.59 Å². The summed E-state index contributed by atoms with van der Waals surface area (Å²) < 4.78 is 5.23. The molecule has 2 rings (SSSR count). The Bertz CT molecular complexity index is 571. The van der Waals surface area contributed by atoms with Crippen molar-refractivity contribution in [1.29, 1.82) is 0 Å². The maximum atomic E-state index is 12.9. The summed E-state index contributed by atoms with van der Waals surface area (Å²) in [7, 11) is 3.10. The minimum absolute atomic E-state index is 0.166. The zero-order valence-electron chi connectivity index (χ0n) is 13.5. The van der Waals surface area contributed by atoms with Gasteiger partial charge in [0.15, 0.2) is 5.69 Å². The Balaban J connectivity index is 2.37. The van der Waals surface area contributed by atoms with Crippen molar-refractivity contribution < 1.29 is 14.3 Å². The number of carbonyl (C=O) groups excluding carboxylic acids is 2. The predicted octanol–water partition coefficient (Wildman–Crippen LogP) is -0.0264. The molecule has 8 heteroatoms. The van der Waals surface area contributed by atoms with Gasteiger partial charge in [-0.3, -0.25) is 9.59 Å². The van der Waals surface area contributed by atoms with Crippen LogP contribution in [0.2, 0.25) is 0 Å². The normalized spacial score (nSPS) is 21.2. The molecule has 1 atom stereocenters. The summed E-state index contributed by atoms with van der Waals surface area (Å²) in [4.78, 5) is 28.3. The molecule has 8 nitrogen and oxygen atoms in total. The second kappa shape index (κ2) is 6.43. The van der Waals surface area contributed by atoms with Crippen molar-refractivity contribution in [3.63, 3.8) is 0 Å². The van der Waals surface area contributed by atoms with Crippen LogP contribution in [0.4, 0.5) is 0 Å². The summed E-state index contributed by atoms with van der Waals surface area (Å²) in [5.74, 6) is -0.476. The smallest absolute Gasteiger partial charge is 0.277 e. The minimum Gasteiger partial charge on any atom is -0.382 e. The highest BCUT2D eigenvalue weighted by Gasteiger charge is 2.50. The number of aromatic nitrogens is 3. The number of methoxy groups -OCH3 is 1. The second-order valence-corrected chi connectivity index (χ2v) is 5.43. The lowest BCUT2D eigenvalue weighted by atomic mass is 9.95. The highest BCUT2D eigenvalue weighted by molar-refractivity contribution is 5.99. The predicted molar refractivity (Wildman–Crippen MR) is 79.4 cm³/mol. The molecular formula is C14H23N5O3. The molecule has 1 unspecified atom stereocenters. The first-order valence-corrected chi connectivity index (χ1v) is 7.45. The van der Waals surface area contributed by atoms with Gasteiger partial charge >= 0.3 is 0 Å². The minimum atomic E-state index is -0.969. The van der Waals surface area contributed by atoms with E-state index in [-0.39, 0.29) is 18.4 Å². The molecule has 1 fully saturated rings. The van der Waals surface area contributed by atoms with Gasteiger partial charge in [0.05, 0.1) is 18.8 Å². The molecule has 1 saturated heterocycles. The lowest BCUT2D eigenvalue weighted by molar-refractivity contribution is -0.133. The molecule has 1 aliphatic heterocycles. The van der Waals surface area contributed by atoms with Crippen molar-refractivity contribution in [2.24, 2.45) is 0 Å². The molecule has 0 saturated carbocycles. The number of likely N-dealkylation sites (N-methyl/N-ethyl adjacent to an activating group) is 1. The molecule has 2 heterocycles. The summed E-state index contributed by atoms with van der Waals surface area (Å²) in [5, 5.41) is 11.1. The van der Waals surface area contributed by atoms with Gasteiger partial charge in [0, 0.05) is 20.7 Å².